The third-order valence-electron chi connectivity index (χ3n) is 4.07. The van der Waals surface area contributed by atoms with Crippen molar-refractivity contribution in [2.24, 2.45) is 0 Å². The van der Waals surface area contributed by atoms with Crippen LogP contribution in [0.15, 0.2) is 11.6 Å². The Morgan fingerprint density at radius 3 is 1.79 bits per heavy atom. The third kappa shape index (κ3) is 5.03. The van der Waals surface area contributed by atoms with Gasteiger partial charge in [-0.25, -0.2) is 0 Å². The van der Waals surface area contributed by atoms with Crippen LogP contribution >= 0.6 is 0 Å². The first kappa shape index (κ1) is 18.8. The Balaban J connectivity index is 4.73. The summed E-state index contributed by atoms with van der Waals surface area (Å²) < 4.78 is 6.40. The molecule has 114 valence electrons. The summed E-state index contributed by atoms with van der Waals surface area (Å²) in [6.45, 7) is 14.2. The molecule has 0 fully saturated rings. The zero-order valence-corrected chi connectivity index (χ0v) is 14.4. The van der Waals surface area contributed by atoms with Gasteiger partial charge in [0.15, 0.2) is 8.32 Å². The van der Waals surface area contributed by atoms with Crippen molar-refractivity contribution in [2.75, 3.05) is 19.8 Å². The lowest BCUT2D eigenvalue weighted by Gasteiger charge is -2.42. The summed E-state index contributed by atoms with van der Waals surface area (Å²) in [5, 5.41) is 18.1. The first-order valence-electron chi connectivity index (χ1n) is 7.36. The first-order valence-corrected chi connectivity index (χ1v) is 9.50. The van der Waals surface area contributed by atoms with Crippen LogP contribution in [0.2, 0.25) is 16.6 Å². The van der Waals surface area contributed by atoms with Gasteiger partial charge in [0, 0.05) is 6.61 Å². The van der Waals surface area contributed by atoms with E-state index in [9.17, 15) is 5.11 Å². The highest BCUT2D eigenvalue weighted by Gasteiger charge is 2.44. The number of hydrogen-bond acceptors (Lipinski definition) is 3. The topological polar surface area (TPSA) is 49.7 Å². The number of rotatable bonds is 9. The molecule has 0 aliphatic heterocycles. The summed E-state index contributed by atoms with van der Waals surface area (Å²) in [4.78, 5) is 0. The Morgan fingerprint density at radius 2 is 1.47 bits per heavy atom. The molecule has 0 saturated heterocycles. The van der Waals surface area contributed by atoms with Crippen LogP contribution in [-0.2, 0) is 4.43 Å². The average molecular weight is 289 g/mol. The van der Waals surface area contributed by atoms with E-state index in [2.05, 4.69) is 41.5 Å². The first-order chi connectivity index (χ1) is 8.82. The molecule has 0 heterocycles. The summed E-state index contributed by atoms with van der Waals surface area (Å²) in [7, 11) is -1.80. The molecule has 0 radical (unpaired) electrons. The smallest absolute Gasteiger partial charge is 0.200 e. The Bertz CT molecular complexity index is 251. The monoisotopic (exact) mass is 288 g/mol. The Morgan fingerprint density at radius 1 is 1.00 bits per heavy atom. The van der Waals surface area contributed by atoms with Crippen molar-refractivity contribution in [1.29, 1.82) is 0 Å². The third-order valence-corrected chi connectivity index (χ3v) is 10.2. The molecule has 0 spiro atoms. The molecule has 0 aliphatic rings. The number of hydrogen-bond donors (Lipinski definition) is 2. The predicted octanol–water partition coefficient (Wildman–Crippen LogP) is 3.48. The van der Waals surface area contributed by atoms with E-state index in [0.29, 0.717) is 29.7 Å². The van der Waals surface area contributed by atoms with Gasteiger partial charge in [0.05, 0.1) is 13.2 Å². The van der Waals surface area contributed by atoms with Gasteiger partial charge >= 0.3 is 0 Å². The zero-order chi connectivity index (χ0) is 15.1. The molecule has 0 rings (SSSR count). The van der Waals surface area contributed by atoms with E-state index in [0.717, 1.165) is 5.57 Å². The molecule has 0 aromatic rings. The van der Waals surface area contributed by atoms with Gasteiger partial charge in [0.2, 0.25) is 0 Å². The van der Waals surface area contributed by atoms with Crippen molar-refractivity contribution in [2.45, 2.75) is 64.6 Å². The van der Waals surface area contributed by atoms with Gasteiger partial charge in [-0.3, -0.25) is 0 Å². The highest BCUT2D eigenvalue weighted by Crippen LogP contribution is 2.42. The van der Waals surface area contributed by atoms with E-state index < -0.39 is 8.32 Å². The normalized spacial score (nSPS) is 13.9. The Labute approximate surface area is 119 Å². The highest BCUT2D eigenvalue weighted by atomic mass is 28.4. The predicted molar refractivity (Wildman–Crippen MR) is 83.9 cm³/mol. The van der Waals surface area contributed by atoms with Crippen LogP contribution in [0.4, 0.5) is 0 Å². The Kier molecular flexibility index (Phi) is 8.82. The molecule has 0 bridgehead atoms. The molecule has 0 atom stereocenters. The summed E-state index contributed by atoms with van der Waals surface area (Å²) in [5.74, 6) is 0. The maximum absolute atomic E-state index is 9.19. The van der Waals surface area contributed by atoms with Gasteiger partial charge in [-0.2, -0.15) is 0 Å². The maximum atomic E-state index is 9.19. The molecular formula is C15H32O3Si. The van der Waals surface area contributed by atoms with Crippen LogP contribution in [0.5, 0.6) is 0 Å². The van der Waals surface area contributed by atoms with Crippen LogP contribution in [0.25, 0.3) is 0 Å². The van der Waals surface area contributed by atoms with Gasteiger partial charge in [-0.1, -0.05) is 47.6 Å². The van der Waals surface area contributed by atoms with E-state index in [1.165, 1.54) is 0 Å². The minimum atomic E-state index is -1.80. The SMILES string of the molecule is CC(C)[Si](OCC/C(=C/CO)CO)(C(C)C)C(C)C. The fraction of sp³-hybridized carbons (Fsp3) is 0.867. The summed E-state index contributed by atoms with van der Waals surface area (Å²) in [6.07, 6.45) is 2.38. The molecule has 0 saturated carbocycles. The summed E-state index contributed by atoms with van der Waals surface area (Å²) in [5.41, 5.74) is 2.59. The molecule has 0 unspecified atom stereocenters. The fourth-order valence-electron chi connectivity index (χ4n) is 3.23. The second-order valence-corrected chi connectivity index (χ2v) is 11.6. The van der Waals surface area contributed by atoms with Crippen molar-refractivity contribution in [3.63, 3.8) is 0 Å². The van der Waals surface area contributed by atoms with Gasteiger partial charge in [-0.05, 0) is 28.6 Å². The van der Waals surface area contributed by atoms with Gasteiger partial charge in [0.25, 0.3) is 0 Å². The molecule has 3 nitrogen and oxygen atoms in total. The van der Waals surface area contributed by atoms with E-state index in [-0.39, 0.29) is 13.2 Å². The van der Waals surface area contributed by atoms with Crippen molar-refractivity contribution in [1.82, 2.24) is 0 Å². The molecule has 0 amide bonds. The molecule has 2 N–H and O–H groups in total. The van der Waals surface area contributed by atoms with E-state index in [1.807, 2.05) is 0 Å². The number of aliphatic hydroxyl groups excluding tert-OH is 2. The summed E-state index contributed by atoms with van der Waals surface area (Å²) in [6, 6.07) is 0. The Hall–Kier alpha value is -0.163. The van der Waals surface area contributed by atoms with Gasteiger partial charge in [0.1, 0.15) is 0 Å². The second-order valence-electron chi connectivity index (χ2n) is 6.12. The van der Waals surface area contributed by atoms with Crippen LogP contribution in [0.1, 0.15) is 48.0 Å². The van der Waals surface area contributed by atoms with Crippen molar-refractivity contribution in [3.8, 4) is 0 Å². The minimum absolute atomic E-state index is 0.00348. The average Bonchev–Trinajstić information content (AvgIpc) is 2.31. The van der Waals surface area contributed by atoms with Gasteiger partial charge < -0.3 is 14.6 Å². The molecule has 4 heteroatoms. The number of aliphatic hydroxyl groups is 2. The zero-order valence-electron chi connectivity index (χ0n) is 13.4. The standard InChI is InChI=1S/C15H32O3Si/c1-12(2)19(13(3)4,14(5)6)18-10-8-15(11-17)7-9-16/h7,12-14,16-17H,8-11H2,1-6H3/b15-7-. The van der Waals surface area contributed by atoms with Crippen molar-refractivity contribution in [3.05, 3.63) is 11.6 Å². The largest absolute Gasteiger partial charge is 0.416 e. The van der Waals surface area contributed by atoms with E-state index >= 15 is 0 Å². The molecule has 0 aliphatic carbocycles. The van der Waals surface area contributed by atoms with Crippen molar-refractivity contribution >= 4 is 8.32 Å². The lowest BCUT2D eigenvalue weighted by Crippen LogP contribution is -2.48. The van der Waals surface area contributed by atoms with Crippen LogP contribution in [-0.4, -0.2) is 38.4 Å². The minimum Gasteiger partial charge on any atom is -0.416 e. The lowest BCUT2D eigenvalue weighted by atomic mass is 10.2. The second kappa shape index (κ2) is 8.90. The van der Waals surface area contributed by atoms with E-state index in [1.54, 1.807) is 6.08 Å². The van der Waals surface area contributed by atoms with E-state index in [4.69, 9.17) is 9.53 Å². The quantitative estimate of drug-likeness (QED) is 0.504. The molecule has 19 heavy (non-hydrogen) atoms. The molecule has 0 aromatic carbocycles. The molecule has 0 aromatic heterocycles. The van der Waals surface area contributed by atoms with Crippen molar-refractivity contribution < 1.29 is 14.6 Å². The van der Waals surface area contributed by atoms with Crippen LogP contribution in [0.3, 0.4) is 0 Å². The molecular weight excluding hydrogens is 256 g/mol. The van der Waals surface area contributed by atoms with Crippen LogP contribution in [0, 0.1) is 0 Å². The van der Waals surface area contributed by atoms with Gasteiger partial charge in [-0.15, -0.1) is 0 Å². The van der Waals surface area contributed by atoms with Crippen LogP contribution < -0.4 is 0 Å². The summed E-state index contributed by atoms with van der Waals surface area (Å²) >= 11 is 0. The highest BCUT2D eigenvalue weighted by molar-refractivity contribution is 6.77. The maximum Gasteiger partial charge on any atom is 0.200 e. The lowest BCUT2D eigenvalue weighted by molar-refractivity contribution is 0.265. The fourth-order valence-corrected chi connectivity index (χ4v) is 8.69.